The SMILES string of the molecule is CCOc1ccc(C(C)NC(=O)c2cc(C(C)C)nn2C)cc1F. The van der Waals surface area contributed by atoms with Gasteiger partial charge in [-0.05, 0) is 43.5 Å². The summed E-state index contributed by atoms with van der Waals surface area (Å²) in [6.07, 6.45) is 0. The van der Waals surface area contributed by atoms with Crippen LogP contribution in [0.5, 0.6) is 5.75 Å². The molecule has 0 spiro atoms. The highest BCUT2D eigenvalue weighted by Gasteiger charge is 2.18. The lowest BCUT2D eigenvalue weighted by atomic mass is 10.1. The van der Waals surface area contributed by atoms with Crippen molar-refractivity contribution in [3.8, 4) is 5.75 Å². The summed E-state index contributed by atoms with van der Waals surface area (Å²) in [4.78, 5) is 12.4. The van der Waals surface area contributed by atoms with Gasteiger partial charge in [0.15, 0.2) is 11.6 Å². The fourth-order valence-electron chi connectivity index (χ4n) is 2.40. The molecule has 24 heavy (non-hydrogen) atoms. The number of aryl methyl sites for hydroxylation is 1. The normalized spacial score (nSPS) is 12.3. The van der Waals surface area contributed by atoms with Crippen LogP contribution in [0.1, 0.15) is 61.4 Å². The molecule has 2 aromatic rings. The lowest BCUT2D eigenvalue weighted by Gasteiger charge is -2.15. The number of ether oxygens (including phenoxy) is 1. The van der Waals surface area contributed by atoms with E-state index in [0.29, 0.717) is 17.9 Å². The molecule has 1 amide bonds. The first-order valence-corrected chi connectivity index (χ1v) is 8.10. The number of nitrogens with one attached hydrogen (secondary N) is 1. The predicted molar refractivity (Wildman–Crippen MR) is 90.7 cm³/mol. The van der Waals surface area contributed by atoms with E-state index in [1.54, 1.807) is 36.9 Å². The molecule has 0 aliphatic carbocycles. The summed E-state index contributed by atoms with van der Waals surface area (Å²) >= 11 is 0. The molecule has 1 N–H and O–H groups in total. The van der Waals surface area contributed by atoms with Crippen LogP contribution in [0.2, 0.25) is 0 Å². The highest BCUT2D eigenvalue weighted by Crippen LogP contribution is 2.22. The van der Waals surface area contributed by atoms with Crippen LogP contribution in [0, 0.1) is 5.82 Å². The molecule has 1 atom stereocenters. The molecule has 130 valence electrons. The van der Waals surface area contributed by atoms with Crippen molar-refractivity contribution in [1.82, 2.24) is 15.1 Å². The van der Waals surface area contributed by atoms with E-state index in [4.69, 9.17) is 4.74 Å². The molecule has 1 aromatic carbocycles. The Bertz CT molecular complexity index is 725. The van der Waals surface area contributed by atoms with Gasteiger partial charge in [-0.2, -0.15) is 5.10 Å². The summed E-state index contributed by atoms with van der Waals surface area (Å²) in [5.41, 5.74) is 2.02. The lowest BCUT2D eigenvalue weighted by Crippen LogP contribution is -2.28. The van der Waals surface area contributed by atoms with Crippen molar-refractivity contribution in [3.05, 3.63) is 47.0 Å². The van der Waals surface area contributed by atoms with E-state index in [2.05, 4.69) is 10.4 Å². The van der Waals surface area contributed by atoms with E-state index in [1.807, 2.05) is 20.8 Å². The minimum atomic E-state index is -0.432. The van der Waals surface area contributed by atoms with Gasteiger partial charge in [0.2, 0.25) is 0 Å². The summed E-state index contributed by atoms with van der Waals surface area (Å²) in [6, 6.07) is 6.17. The standard InChI is InChI=1S/C18H24FN3O2/c1-6-24-17-8-7-13(9-14(17)19)12(4)20-18(23)16-10-15(11(2)3)21-22(16)5/h7-12H,6H2,1-5H3,(H,20,23). The third kappa shape index (κ3) is 3.93. The van der Waals surface area contributed by atoms with Gasteiger partial charge in [-0.15, -0.1) is 0 Å². The molecule has 0 aliphatic heterocycles. The van der Waals surface area contributed by atoms with Gasteiger partial charge in [-0.1, -0.05) is 19.9 Å². The molecule has 2 rings (SSSR count). The molecular weight excluding hydrogens is 309 g/mol. The Kier molecular flexibility index (Phi) is 5.59. The molecule has 5 nitrogen and oxygen atoms in total. The molecule has 0 bridgehead atoms. The van der Waals surface area contributed by atoms with E-state index in [1.165, 1.54) is 6.07 Å². The highest BCUT2D eigenvalue weighted by molar-refractivity contribution is 5.93. The first-order valence-electron chi connectivity index (χ1n) is 8.10. The first kappa shape index (κ1) is 18.0. The van der Waals surface area contributed by atoms with Gasteiger partial charge in [0.05, 0.1) is 18.3 Å². The van der Waals surface area contributed by atoms with Crippen LogP contribution in [-0.4, -0.2) is 22.3 Å². The lowest BCUT2D eigenvalue weighted by molar-refractivity contribution is 0.0930. The van der Waals surface area contributed by atoms with Gasteiger partial charge in [0.1, 0.15) is 5.69 Å². The fourth-order valence-corrected chi connectivity index (χ4v) is 2.40. The van der Waals surface area contributed by atoms with Crippen molar-refractivity contribution in [3.63, 3.8) is 0 Å². The second kappa shape index (κ2) is 7.47. The number of amides is 1. The Hall–Kier alpha value is -2.37. The zero-order chi connectivity index (χ0) is 17.9. The third-order valence-corrected chi connectivity index (χ3v) is 3.83. The maximum atomic E-state index is 14.0. The van der Waals surface area contributed by atoms with Crippen molar-refractivity contribution in [2.24, 2.45) is 7.05 Å². The van der Waals surface area contributed by atoms with Gasteiger partial charge in [0, 0.05) is 7.05 Å². The summed E-state index contributed by atoms with van der Waals surface area (Å²) in [5, 5.41) is 7.21. The Balaban J connectivity index is 2.13. The van der Waals surface area contributed by atoms with Crippen molar-refractivity contribution < 1.29 is 13.9 Å². The van der Waals surface area contributed by atoms with E-state index in [0.717, 1.165) is 5.69 Å². The van der Waals surface area contributed by atoms with Crippen LogP contribution in [0.25, 0.3) is 0 Å². The van der Waals surface area contributed by atoms with Crippen LogP contribution >= 0.6 is 0 Å². The van der Waals surface area contributed by atoms with Crippen molar-refractivity contribution >= 4 is 5.91 Å². The number of hydrogen-bond acceptors (Lipinski definition) is 3. The summed E-state index contributed by atoms with van der Waals surface area (Å²) in [7, 11) is 1.74. The van der Waals surface area contributed by atoms with Crippen LogP contribution in [0.15, 0.2) is 24.3 Å². The number of hydrogen-bond donors (Lipinski definition) is 1. The summed E-state index contributed by atoms with van der Waals surface area (Å²) in [6.45, 7) is 8.06. The Labute approximate surface area is 141 Å². The van der Waals surface area contributed by atoms with Crippen molar-refractivity contribution in [2.45, 2.75) is 39.7 Å². The van der Waals surface area contributed by atoms with Gasteiger partial charge in [-0.3, -0.25) is 9.48 Å². The molecule has 1 heterocycles. The van der Waals surface area contributed by atoms with E-state index < -0.39 is 5.82 Å². The molecule has 0 saturated heterocycles. The maximum absolute atomic E-state index is 14.0. The Morgan fingerprint density at radius 2 is 2.04 bits per heavy atom. The number of carbonyl (C=O) groups is 1. The maximum Gasteiger partial charge on any atom is 0.270 e. The summed E-state index contributed by atoms with van der Waals surface area (Å²) < 4.78 is 20.7. The second-order valence-electron chi connectivity index (χ2n) is 6.05. The van der Waals surface area contributed by atoms with E-state index in [9.17, 15) is 9.18 Å². The Morgan fingerprint density at radius 1 is 1.33 bits per heavy atom. The third-order valence-electron chi connectivity index (χ3n) is 3.83. The zero-order valence-corrected chi connectivity index (χ0v) is 14.8. The highest BCUT2D eigenvalue weighted by atomic mass is 19.1. The second-order valence-corrected chi connectivity index (χ2v) is 6.05. The van der Waals surface area contributed by atoms with E-state index >= 15 is 0 Å². The van der Waals surface area contributed by atoms with Crippen LogP contribution in [0.3, 0.4) is 0 Å². The predicted octanol–water partition coefficient (Wildman–Crippen LogP) is 3.57. The van der Waals surface area contributed by atoms with Crippen LogP contribution in [0.4, 0.5) is 4.39 Å². The molecule has 1 aromatic heterocycles. The minimum absolute atomic E-state index is 0.216. The molecular formula is C18H24FN3O2. The molecule has 0 aliphatic rings. The average Bonchev–Trinajstić information content (AvgIpc) is 2.91. The number of aromatic nitrogens is 2. The molecule has 1 unspecified atom stereocenters. The smallest absolute Gasteiger partial charge is 0.270 e. The van der Waals surface area contributed by atoms with Gasteiger partial charge in [0.25, 0.3) is 5.91 Å². The number of nitrogens with zero attached hydrogens (tertiary/aromatic N) is 2. The van der Waals surface area contributed by atoms with Crippen LogP contribution < -0.4 is 10.1 Å². The number of carbonyl (C=O) groups excluding carboxylic acids is 1. The number of benzene rings is 1. The van der Waals surface area contributed by atoms with Gasteiger partial charge >= 0.3 is 0 Å². The van der Waals surface area contributed by atoms with E-state index in [-0.39, 0.29) is 23.6 Å². The topological polar surface area (TPSA) is 56.1 Å². The number of halogens is 1. The summed E-state index contributed by atoms with van der Waals surface area (Å²) in [5.74, 6) is -0.208. The van der Waals surface area contributed by atoms with Crippen LogP contribution in [-0.2, 0) is 7.05 Å². The fraction of sp³-hybridized carbons (Fsp3) is 0.444. The Morgan fingerprint density at radius 3 is 2.58 bits per heavy atom. The molecule has 0 radical (unpaired) electrons. The largest absolute Gasteiger partial charge is 0.491 e. The first-order chi connectivity index (χ1) is 11.3. The molecule has 0 fully saturated rings. The minimum Gasteiger partial charge on any atom is -0.491 e. The van der Waals surface area contributed by atoms with Gasteiger partial charge < -0.3 is 10.1 Å². The quantitative estimate of drug-likeness (QED) is 0.879. The van der Waals surface area contributed by atoms with Crippen molar-refractivity contribution in [2.75, 3.05) is 6.61 Å². The van der Waals surface area contributed by atoms with Gasteiger partial charge in [-0.25, -0.2) is 4.39 Å². The average molecular weight is 333 g/mol. The van der Waals surface area contributed by atoms with Crippen molar-refractivity contribution in [1.29, 1.82) is 0 Å². The monoisotopic (exact) mass is 333 g/mol. The zero-order valence-electron chi connectivity index (χ0n) is 14.8. The molecule has 6 heteroatoms. The molecule has 0 saturated carbocycles. The number of rotatable bonds is 6.